The van der Waals surface area contributed by atoms with E-state index in [9.17, 15) is 9.59 Å². The molecular formula is C24H42IN5O3. The Morgan fingerprint density at radius 1 is 1.21 bits per heavy atom. The third-order valence-electron chi connectivity index (χ3n) is 4.97. The van der Waals surface area contributed by atoms with Gasteiger partial charge < -0.3 is 25.6 Å². The number of halogens is 1. The van der Waals surface area contributed by atoms with Gasteiger partial charge in [0.25, 0.3) is 5.91 Å². The van der Waals surface area contributed by atoms with Crippen LogP contribution in [-0.2, 0) is 11.2 Å². The van der Waals surface area contributed by atoms with E-state index in [2.05, 4.69) is 34.8 Å². The molecule has 1 unspecified atom stereocenters. The first-order chi connectivity index (χ1) is 15.0. The number of nitrogens with zero attached hydrogens (tertiary/aromatic N) is 2. The van der Waals surface area contributed by atoms with Gasteiger partial charge in [-0.05, 0) is 57.2 Å². The number of ether oxygens (including phenoxy) is 1. The molecule has 0 spiro atoms. The number of hydrogen-bond acceptors (Lipinski definition) is 4. The second kappa shape index (κ2) is 15.0. The number of alkyl carbamates (subject to hydrolysis) is 1. The molecule has 1 atom stereocenters. The molecule has 0 aliphatic rings. The summed E-state index contributed by atoms with van der Waals surface area (Å²) in [7, 11) is 5.36. The lowest BCUT2D eigenvalue weighted by molar-refractivity contribution is 0.0485. The minimum absolute atomic E-state index is 0. The quantitative estimate of drug-likeness (QED) is 0.238. The molecule has 0 fully saturated rings. The van der Waals surface area contributed by atoms with Gasteiger partial charge in [-0.15, -0.1) is 24.0 Å². The summed E-state index contributed by atoms with van der Waals surface area (Å²) in [5.41, 5.74) is 1.22. The normalized spacial score (nSPS) is 12.5. The van der Waals surface area contributed by atoms with Crippen LogP contribution >= 0.6 is 24.0 Å². The highest BCUT2D eigenvalue weighted by Crippen LogP contribution is 2.11. The van der Waals surface area contributed by atoms with Gasteiger partial charge in [0.05, 0.1) is 0 Å². The van der Waals surface area contributed by atoms with Crippen molar-refractivity contribution in [1.29, 1.82) is 0 Å². The second-order valence-corrected chi connectivity index (χ2v) is 9.21. The summed E-state index contributed by atoms with van der Waals surface area (Å²) >= 11 is 0. The maximum absolute atomic E-state index is 12.2. The van der Waals surface area contributed by atoms with E-state index in [1.54, 1.807) is 20.2 Å². The topological polar surface area (TPSA) is 95.1 Å². The van der Waals surface area contributed by atoms with Gasteiger partial charge in [0.15, 0.2) is 5.96 Å². The Kier molecular flexibility index (Phi) is 14.1. The molecule has 188 valence electrons. The molecular weight excluding hydrogens is 533 g/mol. The standard InChI is InChI=1S/C24H41N5O3.HI/c1-17(2)20(28-23(31)32-24(3,4)5)13-15-29(8)22(26-7)27-14-12-18-10-9-11-19(16-18)21(30)25-6;/h9-11,16-17,20H,12-15H2,1-8H3,(H,25,30)(H,26,27)(H,28,31);1H. The Morgan fingerprint density at radius 3 is 2.42 bits per heavy atom. The van der Waals surface area contributed by atoms with Crippen molar-refractivity contribution in [2.75, 3.05) is 34.2 Å². The van der Waals surface area contributed by atoms with Crippen LogP contribution in [0, 0.1) is 5.92 Å². The predicted octanol–water partition coefficient (Wildman–Crippen LogP) is 3.65. The molecule has 9 heteroatoms. The van der Waals surface area contributed by atoms with Gasteiger partial charge in [0.2, 0.25) is 0 Å². The molecule has 1 rings (SSSR count). The van der Waals surface area contributed by atoms with Crippen LogP contribution in [0.25, 0.3) is 0 Å². The van der Waals surface area contributed by atoms with Crippen molar-refractivity contribution in [2.24, 2.45) is 10.9 Å². The van der Waals surface area contributed by atoms with Gasteiger partial charge in [0, 0.05) is 45.8 Å². The Hall–Kier alpha value is -2.04. The zero-order chi connectivity index (χ0) is 24.3. The minimum Gasteiger partial charge on any atom is -0.444 e. The van der Waals surface area contributed by atoms with Gasteiger partial charge in [-0.25, -0.2) is 4.79 Å². The summed E-state index contributed by atoms with van der Waals surface area (Å²) in [5, 5.41) is 9.00. The van der Waals surface area contributed by atoms with Gasteiger partial charge in [0.1, 0.15) is 5.60 Å². The van der Waals surface area contributed by atoms with Crippen LogP contribution in [0.5, 0.6) is 0 Å². The molecule has 0 aliphatic heterocycles. The summed E-state index contributed by atoms with van der Waals surface area (Å²) in [6, 6.07) is 7.61. The van der Waals surface area contributed by atoms with E-state index in [0.717, 1.165) is 30.9 Å². The van der Waals surface area contributed by atoms with Gasteiger partial charge in [-0.3, -0.25) is 9.79 Å². The number of benzene rings is 1. The molecule has 0 saturated heterocycles. The van der Waals surface area contributed by atoms with Crippen molar-refractivity contribution in [3.8, 4) is 0 Å². The Labute approximate surface area is 216 Å². The number of hydrogen-bond donors (Lipinski definition) is 3. The fourth-order valence-electron chi connectivity index (χ4n) is 3.19. The molecule has 2 amide bonds. The maximum atomic E-state index is 12.2. The Morgan fingerprint density at radius 2 is 1.88 bits per heavy atom. The molecule has 0 aromatic heterocycles. The summed E-state index contributed by atoms with van der Waals surface area (Å²) in [6.07, 6.45) is 1.15. The first-order valence-corrected chi connectivity index (χ1v) is 11.2. The molecule has 1 aromatic rings. The third kappa shape index (κ3) is 12.1. The van der Waals surface area contributed by atoms with Crippen LogP contribution < -0.4 is 16.0 Å². The molecule has 8 nitrogen and oxygen atoms in total. The van der Waals surface area contributed by atoms with E-state index in [4.69, 9.17) is 4.74 Å². The minimum atomic E-state index is -0.520. The van der Waals surface area contributed by atoms with Crippen LogP contribution in [0.3, 0.4) is 0 Å². The first kappa shape index (κ1) is 31.0. The zero-order valence-electron chi connectivity index (χ0n) is 21.3. The smallest absolute Gasteiger partial charge is 0.407 e. The van der Waals surface area contributed by atoms with Crippen LogP contribution in [0.2, 0.25) is 0 Å². The molecule has 0 radical (unpaired) electrons. The number of rotatable bonds is 9. The van der Waals surface area contributed by atoms with E-state index in [1.807, 2.05) is 50.9 Å². The molecule has 0 bridgehead atoms. The van der Waals surface area contributed by atoms with Gasteiger partial charge >= 0.3 is 6.09 Å². The van der Waals surface area contributed by atoms with Crippen molar-refractivity contribution in [2.45, 2.75) is 59.1 Å². The van der Waals surface area contributed by atoms with Gasteiger partial charge in [-0.2, -0.15) is 0 Å². The highest BCUT2D eigenvalue weighted by atomic mass is 127. The highest BCUT2D eigenvalue weighted by Gasteiger charge is 2.22. The van der Waals surface area contributed by atoms with Crippen molar-refractivity contribution < 1.29 is 14.3 Å². The van der Waals surface area contributed by atoms with Crippen LogP contribution in [0.15, 0.2) is 29.3 Å². The van der Waals surface area contributed by atoms with Crippen LogP contribution in [0.1, 0.15) is 57.0 Å². The lowest BCUT2D eigenvalue weighted by atomic mass is 10.0. The fourth-order valence-corrected chi connectivity index (χ4v) is 3.19. The predicted molar refractivity (Wildman–Crippen MR) is 146 cm³/mol. The molecule has 0 heterocycles. The zero-order valence-corrected chi connectivity index (χ0v) is 23.7. The highest BCUT2D eigenvalue weighted by molar-refractivity contribution is 14.0. The maximum Gasteiger partial charge on any atom is 0.407 e. The van der Waals surface area contributed by atoms with E-state index < -0.39 is 5.60 Å². The molecule has 0 aliphatic carbocycles. The van der Waals surface area contributed by atoms with Crippen LogP contribution in [0.4, 0.5) is 4.79 Å². The van der Waals surface area contributed by atoms with E-state index in [1.165, 1.54) is 0 Å². The number of guanidine groups is 1. The summed E-state index contributed by atoms with van der Waals surface area (Å²) in [6.45, 7) is 11.2. The average Bonchev–Trinajstić information content (AvgIpc) is 2.72. The number of carbonyl (C=O) groups is 2. The van der Waals surface area contributed by atoms with Gasteiger partial charge in [-0.1, -0.05) is 26.0 Å². The fraction of sp³-hybridized carbons (Fsp3) is 0.625. The number of carbonyl (C=O) groups excluding carboxylic acids is 2. The number of amides is 2. The van der Waals surface area contributed by atoms with Crippen LogP contribution in [-0.4, -0.2) is 68.7 Å². The molecule has 1 aromatic carbocycles. The lowest BCUT2D eigenvalue weighted by Crippen LogP contribution is -2.45. The van der Waals surface area contributed by atoms with E-state index in [-0.39, 0.29) is 47.9 Å². The van der Waals surface area contributed by atoms with E-state index >= 15 is 0 Å². The molecule has 33 heavy (non-hydrogen) atoms. The summed E-state index contributed by atoms with van der Waals surface area (Å²) in [5.74, 6) is 0.973. The van der Waals surface area contributed by atoms with Crippen molar-refractivity contribution in [1.82, 2.24) is 20.9 Å². The molecule has 3 N–H and O–H groups in total. The summed E-state index contributed by atoms with van der Waals surface area (Å²) < 4.78 is 5.39. The van der Waals surface area contributed by atoms with Crippen molar-refractivity contribution in [3.63, 3.8) is 0 Å². The Balaban J connectivity index is 0.0000102. The van der Waals surface area contributed by atoms with E-state index in [0.29, 0.717) is 12.1 Å². The van der Waals surface area contributed by atoms with Crippen molar-refractivity contribution >= 4 is 41.9 Å². The van der Waals surface area contributed by atoms with Crippen molar-refractivity contribution in [3.05, 3.63) is 35.4 Å². The number of aliphatic imine (C=N–C) groups is 1. The number of nitrogens with one attached hydrogen (secondary N) is 3. The lowest BCUT2D eigenvalue weighted by Gasteiger charge is -2.28. The third-order valence-corrected chi connectivity index (χ3v) is 4.97. The average molecular weight is 576 g/mol. The second-order valence-electron chi connectivity index (χ2n) is 9.21. The largest absolute Gasteiger partial charge is 0.444 e. The Bertz CT molecular complexity index is 778. The monoisotopic (exact) mass is 575 g/mol. The first-order valence-electron chi connectivity index (χ1n) is 11.2. The summed E-state index contributed by atoms with van der Waals surface area (Å²) in [4.78, 5) is 30.4. The SMILES string of the molecule is CN=C(NCCc1cccc(C(=O)NC)c1)N(C)CCC(NC(=O)OC(C)(C)C)C(C)C.I. The molecule has 0 saturated carbocycles.